The van der Waals surface area contributed by atoms with Crippen molar-refractivity contribution >= 4 is 10.9 Å². The molecule has 0 N–H and O–H groups in total. The first-order chi connectivity index (χ1) is 9.98. The molecule has 1 radical (unpaired) electrons. The number of hydrogen-bond acceptors (Lipinski definition) is 1. The molecule has 0 amide bonds. The number of pyridine rings is 1. The summed E-state index contributed by atoms with van der Waals surface area (Å²) in [5.41, 5.74) is 1.35. The third kappa shape index (κ3) is 2.37. The summed E-state index contributed by atoms with van der Waals surface area (Å²) in [5.74, 6) is 0. The van der Waals surface area contributed by atoms with Crippen LogP contribution in [0.15, 0.2) is 54.7 Å². The fourth-order valence-corrected chi connectivity index (χ4v) is 2.44. The van der Waals surface area contributed by atoms with Crippen molar-refractivity contribution in [3.8, 4) is 11.1 Å². The van der Waals surface area contributed by atoms with E-state index in [4.69, 9.17) is 0 Å². The highest BCUT2D eigenvalue weighted by Gasteiger charge is 2.33. The number of para-hydroxylation sites is 1. The van der Waals surface area contributed by atoms with Crippen LogP contribution in [0.5, 0.6) is 0 Å². The molecule has 4 heteroatoms. The van der Waals surface area contributed by atoms with Gasteiger partial charge >= 0.3 is 6.18 Å². The number of fused-ring (bicyclic) bond motifs is 1. The average molecular weight is 286 g/mol. The lowest BCUT2D eigenvalue weighted by Gasteiger charge is -2.14. The molecule has 1 aromatic heterocycles. The maximum atomic E-state index is 13.1. The van der Waals surface area contributed by atoms with Crippen LogP contribution in [0, 0.1) is 6.92 Å². The SMILES string of the molecule is [CH2]c1cnc2c(C(F)(F)F)cccc2c1-c1ccccc1. The van der Waals surface area contributed by atoms with Crippen molar-refractivity contribution in [2.45, 2.75) is 6.18 Å². The molecule has 1 nitrogen and oxygen atoms in total. The van der Waals surface area contributed by atoms with E-state index in [0.29, 0.717) is 16.5 Å². The van der Waals surface area contributed by atoms with E-state index in [2.05, 4.69) is 11.9 Å². The fourth-order valence-electron chi connectivity index (χ4n) is 2.44. The molecule has 0 aliphatic rings. The summed E-state index contributed by atoms with van der Waals surface area (Å²) in [6.45, 7) is 3.90. The van der Waals surface area contributed by atoms with Crippen molar-refractivity contribution in [3.05, 3.63) is 72.8 Å². The summed E-state index contributed by atoms with van der Waals surface area (Å²) in [7, 11) is 0. The third-order valence-corrected chi connectivity index (χ3v) is 3.34. The van der Waals surface area contributed by atoms with Crippen molar-refractivity contribution < 1.29 is 13.2 Å². The number of alkyl halides is 3. The van der Waals surface area contributed by atoms with Gasteiger partial charge in [-0.2, -0.15) is 13.2 Å². The molecule has 0 spiro atoms. The first-order valence-electron chi connectivity index (χ1n) is 6.35. The standard InChI is InChI=1S/C17H11F3N/c1-11-10-21-16-13(8-5-9-14(16)17(18,19)20)15(11)12-6-3-2-4-7-12/h2-10H,1H2. The van der Waals surface area contributed by atoms with Gasteiger partial charge in [-0.25, -0.2) is 0 Å². The third-order valence-electron chi connectivity index (χ3n) is 3.34. The molecule has 0 atom stereocenters. The Morgan fingerprint density at radius 1 is 0.905 bits per heavy atom. The first-order valence-corrected chi connectivity index (χ1v) is 6.35. The molecule has 0 unspecified atom stereocenters. The van der Waals surface area contributed by atoms with Crippen LogP contribution in [-0.4, -0.2) is 4.98 Å². The lowest BCUT2D eigenvalue weighted by atomic mass is 9.95. The Morgan fingerprint density at radius 3 is 2.29 bits per heavy atom. The van der Waals surface area contributed by atoms with Gasteiger partial charge < -0.3 is 0 Å². The molecule has 2 aromatic carbocycles. The summed E-state index contributed by atoms with van der Waals surface area (Å²) in [6, 6.07) is 13.3. The zero-order chi connectivity index (χ0) is 15.0. The Kier molecular flexibility index (Phi) is 3.16. The predicted octanol–water partition coefficient (Wildman–Crippen LogP) is 5.10. The van der Waals surface area contributed by atoms with Crippen LogP contribution < -0.4 is 0 Å². The molecule has 3 rings (SSSR count). The minimum atomic E-state index is -4.43. The van der Waals surface area contributed by atoms with Crippen molar-refractivity contribution in [3.63, 3.8) is 0 Å². The Balaban J connectivity index is 2.39. The van der Waals surface area contributed by atoms with E-state index in [1.54, 1.807) is 6.07 Å². The van der Waals surface area contributed by atoms with Gasteiger partial charge in [0, 0.05) is 11.6 Å². The number of nitrogens with zero attached hydrogens (tertiary/aromatic N) is 1. The molecule has 1 heterocycles. The Hall–Kier alpha value is -2.36. The highest BCUT2D eigenvalue weighted by Crippen LogP contribution is 2.37. The van der Waals surface area contributed by atoms with Crippen LogP contribution in [0.2, 0.25) is 0 Å². The Labute approximate surface area is 120 Å². The summed E-state index contributed by atoms with van der Waals surface area (Å²) in [4.78, 5) is 3.95. The van der Waals surface area contributed by atoms with E-state index in [9.17, 15) is 13.2 Å². The monoisotopic (exact) mass is 286 g/mol. The van der Waals surface area contributed by atoms with Gasteiger partial charge in [-0.3, -0.25) is 4.98 Å². The molecule has 0 aliphatic heterocycles. The van der Waals surface area contributed by atoms with Crippen LogP contribution in [0.1, 0.15) is 11.1 Å². The van der Waals surface area contributed by atoms with E-state index in [1.807, 2.05) is 30.3 Å². The molecule has 0 aliphatic carbocycles. The second-order valence-electron chi connectivity index (χ2n) is 4.72. The van der Waals surface area contributed by atoms with Crippen molar-refractivity contribution in [2.24, 2.45) is 0 Å². The molecule has 21 heavy (non-hydrogen) atoms. The number of halogens is 3. The highest BCUT2D eigenvalue weighted by atomic mass is 19.4. The Bertz CT molecular complexity index is 792. The van der Waals surface area contributed by atoms with Gasteiger partial charge in [-0.05, 0) is 29.7 Å². The lowest BCUT2D eigenvalue weighted by molar-refractivity contribution is -0.136. The van der Waals surface area contributed by atoms with E-state index in [-0.39, 0.29) is 5.52 Å². The van der Waals surface area contributed by atoms with Crippen LogP contribution in [0.25, 0.3) is 22.0 Å². The maximum absolute atomic E-state index is 13.1. The second-order valence-corrected chi connectivity index (χ2v) is 4.72. The zero-order valence-electron chi connectivity index (χ0n) is 11.0. The molecule has 0 saturated carbocycles. The largest absolute Gasteiger partial charge is 0.418 e. The minimum Gasteiger partial charge on any atom is -0.255 e. The minimum absolute atomic E-state index is 0.0451. The summed E-state index contributed by atoms with van der Waals surface area (Å²) in [6.07, 6.45) is -3.04. The number of aromatic nitrogens is 1. The fraction of sp³-hybridized carbons (Fsp3) is 0.0588. The molecule has 0 saturated heterocycles. The number of rotatable bonds is 1. The van der Waals surface area contributed by atoms with E-state index >= 15 is 0 Å². The molecular weight excluding hydrogens is 275 g/mol. The van der Waals surface area contributed by atoms with Gasteiger partial charge in [0.05, 0.1) is 11.1 Å². The summed E-state index contributed by atoms with van der Waals surface area (Å²) < 4.78 is 39.3. The predicted molar refractivity (Wildman–Crippen MR) is 76.6 cm³/mol. The van der Waals surface area contributed by atoms with Gasteiger partial charge in [-0.1, -0.05) is 42.5 Å². The van der Waals surface area contributed by atoms with Gasteiger partial charge in [0.2, 0.25) is 0 Å². The number of benzene rings is 2. The van der Waals surface area contributed by atoms with E-state index in [1.165, 1.54) is 12.3 Å². The Morgan fingerprint density at radius 2 is 1.62 bits per heavy atom. The summed E-state index contributed by atoms with van der Waals surface area (Å²) >= 11 is 0. The smallest absolute Gasteiger partial charge is 0.255 e. The van der Waals surface area contributed by atoms with Crippen LogP contribution >= 0.6 is 0 Å². The van der Waals surface area contributed by atoms with Gasteiger partial charge in [-0.15, -0.1) is 0 Å². The molecule has 0 bridgehead atoms. The summed E-state index contributed by atoms with van der Waals surface area (Å²) in [5, 5.41) is 0.462. The normalized spacial score (nSPS) is 11.8. The maximum Gasteiger partial charge on any atom is 0.418 e. The first kappa shape index (κ1) is 13.6. The number of hydrogen-bond donors (Lipinski definition) is 0. The molecular formula is C17H11F3N. The van der Waals surface area contributed by atoms with Crippen LogP contribution in [0.3, 0.4) is 0 Å². The van der Waals surface area contributed by atoms with Gasteiger partial charge in [0.1, 0.15) is 0 Å². The van der Waals surface area contributed by atoms with Crippen molar-refractivity contribution in [2.75, 3.05) is 0 Å². The van der Waals surface area contributed by atoms with Crippen LogP contribution in [-0.2, 0) is 6.18 Å². The van der Waals surface area contributed by atoms with Crippen LogP contribution in [0.4, 0.5) is 13.2 Å². The molecule has 3 aromatic rings. The van der Waals surface area contributed by atoms with Crippen molar-refractivity contribution in [1.82, 2.24) is 4.98 Å². The van der Waals surface area contributed by atoms with E-state index in [0.717, 1.165) is 11.6 Å². The van der Waals surface area contributed by atoms with E-state index < -0.39 is 11.7 Å². The zero-order valence-corrected chi connectivity index (χ0v) is 11.0. The average Bonchev–Trinajstić information content (AvgIpc) is 2.46. The molecule has 0 fully saturated rings. The highest BCUT2D eigenvalue weighted by molar-refractivity contribution is 5.97. The quantitative estimate of drug-likeness (QED) is 0.606. The van der Waals surface area contributed by atoms with Crippen molar-refractivity contribution in [1.29, 1.82) is 0 Å². The molecule has 105 valence electrons. The van der Waals surface area contributed by atoms with Gasteiger partial charge in [0.25, 0.3) is 0 Å². The second kappa shape index (κ2) is 4.88. The van der Waals surface area contributed by atoms with Gasteiger partial charge in [0.15, 0.2) is 0 Å². The topological polar surface area (TPSA) is 12.9 Å². The lowest BCUT2D eigenvalue weighted by Crippen LogP contribution is -2.07.